The van der Waals surface area contributed by atoms with E-state index in [0.717, 1.165) is 17.8 Å². The van der Waals surface area contributed by atoms with Crippen molar-refractivity contribution in [3.8, 4) is 0 Å². The maximum absolute atomic E-state index is 11.5. The van der Waals surface area contributed by atoms with E-state index in [1.807, 2.05) is 19.1 Å². The predicted octanol–water partition coefficient (Wildman–Crippen LogP) is 0.0529. The summed E-state index contributed by atoms with van der Waals surface area (Å²) in [7, 11) is -3.09. The summed E-state index contributed by atoms with van der Waals surface area (Å²) < 4.78 is 24.5. The van der Waals surface area contributed by atoms with Crippen LogP contribution in [-0.4, -0.2) is 56.2 Å². The summed E-state index contributed by atoms with van der Waals surface area (Å²) in [5, 5.41) is 0. The summed E-state index contributed by atoms with van der Waals surface area (Å²) >= 11 is 0. The molecular weight excluding hydrogens is 276 g/mol. The minimum atomic E-state index is -3.09. The molecule has 1 aromatic rings. The molecule has 7 heteroatoms. The van der Waals surface area contributed by atoms with Crippen molar-refractivity contribution in [2.45, 2.75) is 19.4 Å². The van der Waals surface area contributed by atoms with Crippen LogP contribution >= 0.6 is 0 Å². The molecule has 0 radical (unpaired) electrons. The highest BCUT2D eigenvalue weighted by Crippen LogP contribution is 2.20. The molecule has 112 valence electrons. The maximum atomic E-state index is 11.5. The van der Waals surface area contributed by atoms with E-state index in [2.05, 4.69) is 9.88 Å². The number of hydrogen-bond acceptors (Lipinski definition) is 5. The molecule has 0 saturated carbocycles. The second-order valence-electron chi connectivity index (χ2n) is 5.32. The minimum absolute atomic E-state index is 0.0789. The van der Waals surface area contributed by atoms with E-state index in [1.165, 1.54) is 10.6 Å². The first kappa shape index (κ1) is 15.2. The highest BCUT2D eigenvalue weighted by molar-refractivity contribution is 7.88. The van der Waals surface area contributed by atoms with Gasteiger partial charge in [-0.05, 0) is 25.0 Å². The summed E-state index contributed by atoms with van der Waals surface area (Å²) in [6.07, 6.45) is 3.80. The zero-order valence-electron chi connectivity index (χ0n) is 12.0. The van der Waals surface area contributed by atoms with E-state index in [4.69, 9.17) is 5.73 Å². The lowest BCUT2D eigenvalue weighted by Crippen LogP contribution is -2.48. The molecule has 0 aromatic carbocycles. The Morgan fingerprint density at radius 3 is 2.55 bits per heavy atom. The summed E-state index contributed by atoms with van der Waals surface area (Å²) in [4.78, 5) is 6.58. The van der Waals surface area contributed by atoms with Crippen LogP contribution in [0.1, 0.15) is 12.5 Å². The molecule has 1 atom stereocenters. The molecule has 0 spiro atoms. The quantitative estimate of drug-likeness (QED) is 0.850. The molecule has 1 aliphatic rings. The van der Waals surface area contributed by atoms with Crippen LogP contribution in [0.4, 0.5) is 5.82 Å². The van der Waals surface area contributed by atoms with Gasteiger partial charge in [-0.15, -0.1) is 0 Å². The minimum Gasteiger partial charge on any atom is -0.354 e. The van der Waals surface area contributed by atoms with E-state index < -0.39 is 10.0 Å². The number of pyridine rings is 1. The smallest absolute Gasteiger partial charge is 0.211 e. The third kappa shape index (κ3) is 3.68. The van der Waals surface area contributed by atoms with Gasteiger partial charge in [-0.3, -0.25) is 0 Å². The monoisotopic (exact) mass is 298 g/mol. The molecule has 1 unspecified atom stereocenters. The van der Waals surface area contributed by atoms with E-state index in [-0.39, 0.29) is 6.04 Å². The maximum Gasteiger partial charge on any atom is 0.211 e. The number of nitrogens with two attached hydrogens (primary N) is 1. The number of hydrogen-bond donors (Lipinski definition) is 1. The molecule has 1 saturated heterocycles. The average Bonchev–Trinajstić information content (AvgIpc) is 2.38. The summed E-state index contributed by atoms with van der Waals surface area (Å²) in [6.45, 7) is 4.31. The Labute approximate surface area is 120 Å². The van der Waals surface area contributed by atoms with E-state index >= 15 is 0 Å². The molecule has 1 fully saturated rings. The van der Waals surface area contributed by atoms with Gasteiger partial charge in [0, 0.05) is 38.4 Å². The first-order valence-corrected chi connectivity index (χ1v) is 8.62. The van der Waals surface area contributed by atoms with Crippen LogP contribution in [-0.2, 0) is 16.4 Å². The Morgan fingerprint density at radius 1 is 1.35 bits per heavy atom. The van der Waals surface area contributed by atoms with Crippen molar-refractivity contribution >= 4 is 15.8 Å². The van der Waals surface area contributed by atoms with Crippen LogP contribution in [0.5, 0.6) is 0 Å². The lowest BCUT2D eigenvalue weighted by molar-refractivity contribution is 0.386. The van der Waals surface area contributed by atoms with Crippen molar-refractivity contribution < 1.29 is 8.42 Å². The molecule has 0 bridgehead atoms. The predicted molar refractivity (Wildman–Crippen MR) is 80.2 cm³/mol. The zero-order valence-corrected chi connectivity index (χ0v) is 12.8. The Kier molecular flexibility index (Phi) is 4.62. The van der Waals surface area contributed by atoms with Gasteiger partial charge in [0.15, 0.2) is 0 Å². The van der Waals surface area contributed by atoms with Gasteiger partial charge in [0.1, 0.15) is 5.82 Å². The topological polar surface area (TPSA) is 79.5 Å². The highest BCUT2D eigenvalue weighted by atomic mass is 32.2. The fourth-order valence-corrected chi connectivity index (χ4v) is 3.28. The van der Waals surface area contributed by atoms with Crippen molar-refractivity contribution in [1.29, 1.82) is 0 Å². The van der Waals surface area contributed by atoms with Gasteiger partial charge >= 0.3 is 0 Å². The summed E-state index contributed by atoms with van der Waals surface area (Å²) in [5.74, 6) is 0.929. The van der Waals surface area contributed by atoms with Crippen LogP contribution < -0.4 is 10.6 Å². The Bertz CT molecular complexity index is 551. The molecule has 0 aliphatic carbocycles. The SMILES string of the molecule is CC(N)Cc1cccnc1N1CCN(S(C)(=O)=O)CC1. The molecule has 2 N–H and O–H groups in total. The fraction of sp³-hybridized carbons (Fsp3) is 0.615. The number of anilines is 1. The second-order valence-corrected chi connectivity index (χ2v) is 7.30. The standard InChI is InChI=1S/C13H22N4O2S/c1-11(14)10-12-4-3-5-15-13(12)16-6-8-17(9-7-16)20(2,18)19/h3-5,11H,6-10,14H2,1-2H3. The van der Waals surface area contributed by atoms with Gasteiger partial charge in [-0.2, -0.15) is 4.31 Å². The number of sulfonamides is 1. The number of nitrogens with zero attached hydrogens (tertiary/aromatic N) is 3. The highest BCUT2D eigenvalue weighted by Gasteiger charge is 2.25. The van der Waals surface area contributed by atoms with Crippen LogP contribution in [0.25, 0.3) is 0 Å². The van der Waals surface area contributed by atoms with Crippen LogP contribution in [0.2, 0.25) is 0 Å². The van der Waals surface area contributed by atoms with Crippen molar-refractivity contribution in [2.24, 2.45) is 5.73 Å². The van der Waals surface area contributed by atoms with Gasteiger partial charge in [0.25, 0.3) is 0 Å². The van der Waals surface area contributed by atoms with Gasteiger partial charge in [0.2, 0.25) is 10.0 Å². The van der Waals surface area contributed by atoms with Crippen molar-refractivity contribution in [3.63, 3.8) is 0 Å². The van der Waals surface area contributed by atoms with Crippen LogP contribution in [0.3, 0.4) is 0 Å². The molecule has 0 amide bonds. The Hall–Kier alpha value is -1.18. The normalized spacial score (nSPS) is 19.1. The van der Waals surface area contributed by atoms with E-state index in [1.54, 1.807) is 6.20 Å². The molecule has 20 heavy (non-hydrogen) atoms. The van der Waals surface area contributed by atoms with Gasteiger partial charge < -0.3 is 10.6 Å². The van der Waals surface area contributed by atoms with E-state index in [0.29, 0.717) is 26.2 Å². The number of piperazine rings is 1. The molecule has 6 nitrogen and oxygen atoms in total. The van der Waals surface area contributed by atoms with Gasteiger partial charge in [-0.1, -0.05) is 6.07 Å². The van der Waals surface area contributed by atoms with E-state index in [9.17, 15) is 8.42 Å². The molecular formula is C13H22N4O2S. The largest absolute Gasteiger partial charge is 0.354 e. The first-order chi connectivity index (χ1) is 9.38. The van der Waals surface area contributed by atoms with Crippen molar-refractivity contribution in [1.82, 2.24) is 9.29 Å². The zero-order chi connectivity index (χ0) is 14.8. The van der Waals surface area contributed by atoms with Crippen LogP contribution in [0, 0.1) is 0 Å². The van der Waals surface area contributed by atoms with Gasteiger partial charge in [-0.25, -0.2) is 13.4 Å². The lowest BCUT2D eigenvalue weighted by atomic mass is 10.1. The summed E-state index contributed by atoms with van der Waals surface area (Å²) in [6, 6.07) is 4.03. The molecule has 1 aliphatic heterocycles. The summed E-state index contributed by atoms with van der Waals surface area (Å²) in [5.41, 5.74) is 6.99. The third-order valence-corrected chi connectivity index (χ3v) is 4.72. The van der Waals surface area contributed by atoms with Crippen molar-refractivity contribution in [3.05, 3.63) is 23.9 Å². The molecule has 2 heterocycles. The average molecular weight is 298 g/mol. The van der Waals surface area contributed by atoms with Crippen LogP contribution in [0.15, 0.2) is 18.3 Å². The van der Waals surface area contributed by atoms with Crippen molar-refractivity contribution in [2.75, 3.05) is 37.3 Å². The Balaban J connectivity index is 2.11. The lowest BCUT2D eigenvalue weighted by Gasteiger charge is -2.35. The Morgan fingerprint density at radius 2 is 2.00 bits per heavy atom. The molecule has 2 rings (SSSR count). The fourth-order valence-electron chi connectivity index (χ4n) is 2.45. The third-order valence-electron chi connectivity index (χ3n) is 3.42. The molecule has 1 aromatic heterocycles. The second kappa shape index (κ2) is 6.07. The van der Waals surface area contributed by atoms with Gasteiger partial charge in [0.05, 0.1) is 6.26 Å². The number of aromatic nitrogens is 1. The first-order valence-electron chi connectivity index (χ1n) is 6.77. The number of rotatable bonds is 4.